The van der Waals surface area contributed by atoms with E-state index in [0.717, 1.165) is 0 Å². The van der Waals surface area contributed by atoms with Gasteiger partial charge in [-0.1, -0.05) is 41.4 Å². The predicted molar refractivity (Wildman–Crippen MR) is 73.4 cm³/mol. The van der Waals surface area contributed by atoms with E-state index in [4.69, 9.17) is 23.2 Å². The highest BCUT2D eigenvalue weighted by Gasteiger charge is 2.18. The van der Waals surface area contributed by atoms with Crippen LogP contribution in [0.15, 0.2) is 42.7 Å². The second-order valence-electron chi connectivity index (χ2n) is 3.68. The van der Waals surface area contributed by atoms with Crippen molar-refractivity contribution in [2.75, 3.05) is 11.9 Å². The van der Waals surface area contributed by atoms with Gasteiger partial charge in [0.05, 0.1) is 15.7 Å². The third kappa shape index (κ3) is 2.47. The van der Waals surface area contributed by atoms with Gasteiger partial charge in [0.1, 0.15) is 0 Å². The lowest BCUT2D eigenvalue weighted by atomic mass is 10.2. The molecule has 1 aromatic carbocycles. The number of hydrogen-bond acceptors (Lipinski definition) is 2. The van der Waals surface area contributed by atoms with Crippen LogP contribution in [0, 0.1) is 0 Å². The number of pyridine rings is 1. The number of rotatable bonds is 2. The lowest BCUT2D eigenvalue weighted by molar-refractivity contribution is 0.0993. The van der Waals surface area contributed by atoms with Crippen LogP contribution in [0.25, 0.3) is 0 Å². The molecule has 2 rings (SSSR count). The molecule has 0 saturated carbocycles. The van der Waals surface area contributed by atoms with Crippen LogP contribution in [-0.2, 0) is 0 Å². The first-order chi connectivity index (χ1) is 8.61. The van der Waals surface area contributed by atoms with Crippen LogP contribution in [0.1, 0.15) is 10.4 Å². The molecule has 0 aliphatic rings. The van der Waals surface area contributed by atoms with Crippen LogP contribution >= 0.6 is 23.2 Å². The van der Waals surface area contributed by atoms with E-state index in [0.29, 0.717) is 21.3 Å². The zero-order valence-electron chi connectivity index (χ0n) is 9.60. The Hall–Kier alpha value is -1.58. The van der Waals surface area contributed by atoms with Crippen molar-refractivity contribution >= 4 is 34.8 Å². The van der Waals surface area contributed by atoms with Crippen LogP contribution in [0.2, 0.25) is 10.0 Å². The maximum Gasteiger partial charge on any atom is 0.258 e. The van der Waals surface area contributed by atoms with E-state index in [9.17, 15) is 4.79 Å². The van der Waals surface area contributed by atoms with Gasteiger partial charge in [-0.2, -0.15) is 0 Å². The van der Waals surface area contributed by atoms with Crippen molar-refractivity contribution in [3.05, 3.63) is 58.3 Å². The second-order valence-corrected chi connectivity index (χ2v) is 4.50. The van der Waals surface area contributed by atoms with Crippen molar-refractivity contribution in [3.63, 3.8) is 0 Å². The van der Waals surface area contributed by atoms with Crippen molar-refractivity contribution in [2.24, 2.45) is 0 Å². The Labute approximate surface area is 115 Å². The van der Waals surface area contributed by atoms with Gasteiger partial charge < -0.3 is 4.90 Å². The Morgan fingerprint density at radius 3 is 2.22 bits per heavy atom. The molecule has 5 heteroatoms. The van der Waals surface area contributed by atoms with Gasteiger partial charge in [-0.25, -0.2) is 0 Å². The van der Waals surface area contributed by atoms with Crippen LogP contribution in [-0.4, -0.2) is 17.9 Å². The lowest BCUT2D eigenvalue weighted by Gasteiger charge is -2.19. The van der Waals surface area contributed by atoms with Crippen molar-refractivity contribution in [2.45, 2.75) is 0 Å². The summed E-state index contributed by atoms with van der Waals surface area (Å²) < 4.78 is 0. The molecular formula is C13H10Cl2N2O. The number of carbonyl (C=O) groups is 1. The summed E-state index contributed by atoms with van der Waals surface area (Å²) in [5, 5.41) is 0.684. The van der Waals surface area contributed by atoms with Gasteiger partial charge in [-0.05, 0) is 12.1 Å². The standard InChI is InChI=1S/C13H10Cl2N2O/c1-17(12-10(14)7-16-8-11(12)15)13(18)9-5-3-2-4-6-9/h2-8H,1H3. The number of hydrogen-bond donors (Lipinski definition) is 0. The summed E-state index contributed by atoms with van der Waals surface area (Å²) in [5.41, 5.74) is 1.03. The minimum Gasteiger partial charge on any atom is -0.309 e. The first-order valence-electron chi connectivity index (χ1n) is 5.23. The molecule has 0 fully saturated rings. The van der Waals surface area contributed by atoms with Crippen LogP contribution in [0.5, 0.6) is 0 Å². The van der Waals surface area contributed by atoms with Gasteiger partial charge >= 0.3 is 0 Å². The van der Waals surface area contributed by atoms with E-state index in [-0.39, 0.29) is 5.91 Å². The molecule has 92 valence electrons. The number of nitrogens with zero attached hydrogens (tertiary/aromatic N) is 2. The molecule has 0 N–H and O–H groups in total. The molecule has 1 amide bonds. The summed E-state index contributed by atoms with van der Waals surface area (Å²) in [6.07, 6.45) is 2.91. The third-order valence-electron chi connectivity index (χ3n) is 2.49. The first kappa shape index (κ1) is 12.9. The van der Waals surface area contributed by atoms with E-state index in [1.807, 2.05) is 6.07 Å². The molecule has 0 bridgehead atoms. The molecule has 0 aliphatic carbocycles. The number of aromatic nitrogens is 1. The smallest absolute Gasteiger partial charge is 0.258 e. The Morgan fingerprint density at radius 2 is 1.67 bits per heavy atom. The highest BCUT2D eigenvalue weighted by Crippen LogP contribution is 2.32. The predicted octanol–water partition coefficient (Wildman–Crippen LogP) is 3.67. The minimum absolute atomic E-state index is 0.175. The zero-order valence-corrected chi connectivity index (χ0v) is 11.1. The van der Waals surface area contributed by atoms with Crippen LogP contribution in [0.4, 0.5) is 5.69 Å². The van der Waals surface area contributed by atoms with E-state index >= 15 is 0 Å². The maximum atomic E-state index is 12.2. The molecule has 0 saturated heterocycles. The highest BCUT2D eigenvalue weighted by atomic mass is 35.5. The molecule has 0 aliphatic heterocycles. The molecule has 0 radical (unpaired) electrons. The van der Waals surface area contributed by atoms with Crippen molar-refractivity contribution < 1.29 is 4.79 Å². The fourth-order valence-electron chi connectivity index (χ4n) is 1.60. The van der Waals surface area contributed by atoms with Gasteiger partial charge in [0, 0.05) is 25.0 Å². The third-order valence-corrected chi connectivity index (χ3v) is 3.04. The van der Waals surface area contributed by atoms with Crippen molar-refractivity contribution in [1.82, 2.24) is 4.98 Å². The Morgan fingerprint density at radius 1 is 1.11 bits per heavy atom. The normalized spacial score (nSPS) is 10.2. The summed E-state index contributed by atoms with van der Waals surface area (Å²) in [5.74, 6) is -0.175. The average molecular weight is 281 g/mol. The summed E-state index contributed by atoms with van der Waals surface area (Å²) in [6, 6.07) is 8.93. The highest BCUT2D eigenvalue weighted by molar-refractivity contribution is 6.39. The average Bonchev–Trinajstić information content (AvgIpc) is 2.38. The number of carbonyl (C=O) groups excluding carboxylic acids is 1. The first-order valence-corrected chi connectivity index (χ1v) is 5.99. The SMILES string of the molecule is CN(C(=O)c1ccccc1)c1c(Cl)cncc1Cl. The van der Waals surface area contributed by atoms with Crippen molar-refractivity contribution in [1.29, 1.82) is 0 Å². The topological polar surface area (TPSA) is 33.2 Å². The molecule has 3 nitrogen and oxygen atoms in total. The maximum absolute atomic E-state index is 12.2. The van der Waals surface area contributed by atoms with Gasteiger partial charge in [0.15, 0.2) is 0 Å². The zero-order chi connectivity index (χ0) is 13.1. The quantitative estimate of drug-likeness (QED) is 0.841. The fraction of sp³-hybridized carbons (Fsp3) is 0.0769. The molecule has 0 unspecified atom stereocenters. The molecule has 1 aromatic heterocycles. The molecule has 0 spiro atoms. The van der Waals surface area contributed by atoms with E-state index in [1.165, 1.54) is 17.3 Å². The molecule has 0 atom stereocenters. The summed E-state index contributed by atoms with van der Waals surface area (Å²) in [4.78, 5) is 17.5. The van der Waals surface area contributed by atoms with Gasteiger partial charge in [0.2, 0.25) is 0 Å². The number of halogens is 2. The molecule has 2 aromatic rings. The number of benzene rings is 1. The van der Waals surface area contributed by atoms with E-state index < -0.39 is 0 Å². The molecular weight excluding hydrogens is 271 g/mol. The summed E-state index contributed by atoms with van der Waals surface area (Å²) in [6.45, 7) is 0. The van der Waals surface area contributed by atoms with Gasteiger partial charge in [0.25, 0.3) is 5.91 Å². The summed E-state index contributed by atoms with van der Waals surface area (Å²) >= 11 is 12.0. The van der Waals surface area contributed by atoms with E-state index in [2.05, 4.69) is 4.98 Å². The number of amides is 1. The molecule has 18 heavy (non-hydrogen) atoms. The Bertz CT molecular complexity index is 552. The number of anilines is 1. The largest absolute Gasteiger partial charge is 0.309 e. The van der Waals surface area contributed by atoms with Crippen molar-refractivity contribution in [3.8, 4) is 0 Å². The Kier molecular flexibility index (Phi) is 3.84. The van der Waals surface area contributed by atoms with Gasteiger partial charge in [-0.3, -0.25) is 9.78 Å². The fourth-order valence-corrected chi connectivity index (χ4v) is 2.22. The summed E-state index contributed by atoms with van der Waals surface area (Å²) in [7, 11) is 1.63. The van der Waals surface area contributed by atoms with Gasteiger partial charge in [-0.15, -0.1) is 0 Å². The minimum atomic E-state index is -0.175. The van der Waals surface area contributed by atoms with Crippen LogP contribution < -0.4 is 4.90 Å². The second kappa shape index (κ2) is 5.38. The lowest BCUT2D eigenvalue weighted by Crippen LogP contribution is -2.26. The Balaban J connectivity index is 2.38. The van der Waals surface area contributed by atoms with Crippen LogP contribution in [0.3, 0.4) is 0 Å². The molecule has 1 heterocycles. The van der Waals surface area contributed by atoms with E-state index in [1.54, 1.807) is 31.3 Å². The monoisotopic (exact) mass is 280 g/mol.